The lowest BCUT2D eigenvalue weighted by Crippen LogP contribution is -2.13. The number of nitrogens with one attached hydrogen (secondary N) is 1. The fourth-order valence-corrected chi connectivity index (χ4v) is 2.81. The van der Waals surface area contributed by atoms with Crippen LogP contribution in [-0.4, -0.2) is 27.8 Å². The zero-order valence-corrected chi connectivity index (χ0v) is 12.3. The molecule has 0 saturated carbocycles. The SMILES string of the molecule is COc1cccc2sc(NC(=O)c3cnn(C)c3N)nc12. The number of hydrogen-bond acceptors (Lipinski definition) is 6. The van der Waals surface area contributed by atoms with Crippen LogP contribution in [0.2, 0.25) is 0 Å². The molecule has 3 rings (SSSR count). The molecule has 0 aliphatic carbocycles. The van der Waals surface area contributed by atoms with Crippen molar-refractivity contribution in [3.8, 4) is 5.75 Å². The van der Waals surface area contributed by atoms with Gasteiger partial charge in [0.05, 0.1) is 18.0 Å². The minimum absolute atomic E-state index is 0.311. The standard InChI is InChI=1S/C13H13N5O2S/c1-18-11(14)7(6-15-18)12(19)17-13-16-10-8(20-2)4-3-5-9(10)21-13/h3-6H,14H2,1-2H3,(H,16,17,19). The van der Waals surface area contributed by atoms with Gasteiger partial charge in [0.25, 0.3) is 5.91 Å². The van der Waals surface area contributed by atoms with Crippen molar-refractivity contribution in [2.75, 3.05) is 18.2 Å². The van der Waals surface area contributed by atoms with Gasteiger partial charge in [0.15, 0.2) is 5.13 Å². The number of anilines is 2. The molecule has 2 heterocycles. The van der Waals surface area contributed by atoms with Crippen molar-refractivity contribution in [3.05, 3.63) is 30.0 Å². The van der Waals surface area contributed by atoms with Crippen LogP contribution in [0.1, 0.15) is 10.4 Å². The van der Waals surface area contributed by atoms with E-state index in [1.807, 2.05) is 18.2 Å². The molecule has 108 valence electrons. The van der Waals surface area contributed by atoms with E-state index in [-0.39, 0.29) is 5.91 Å². The van der Waals surface area contributed by atoms with E-state index < -0.39 is 0 Å². The molecular weight excluding hydrogens is 290 g/mol. The summed E-state index contributed by atoms with van der Waals surface area (Å²) in [6.45, 7) is 0. The number of nitrogen functional groups attached to an aromatic ring is 1. The summed E-state index contributed by atoms with van der Waals surface area (Å²) in [6, 6.07) is 5.63. The number of hydrogen-bond donors (Lipinski definition) is 2. The van der Waals surface area contributed by atoms with Crippen LogP contribution in [0.4, 0.5) is 10.9 Å². The van der Waals surface area contributed by atoms with Crippen LogP contribution < -0.4 is 15.8 Å². The summed E-state index contributed by atoms with van der Waals surface area (Å²) in [4.78, 5) is 16.5. The highest BCUT2D eigenvalue weighted by Gasteiger charge is 2.16. The maximum atomic E-state index is 12.2. The van der Waals surface area contributed by atoms with E-state index in [0.717, 1.165) is 10.2 Å². The first-order valence-corrected chi connectivity index (χ1v) is 6.94. The van der Waals surface area contributed by atoms with Crippen molar-refractivity contribution >= 4 is 38.4 Å². The van der Waals surface area contributed by atoms with Crippen molar-refractivity contribution in [1.29, 1.82) is 0 Å². The van der Waals surface area contributed by atoms with E-state index in [1.54, 1.807) is 14.2 Å². The number of methoxy groups -OCH3 is 1. The number of ether oxygens (including phenoxy) is 1. The molecule has 1 amide bonds. The topological polar surface area (TPSA) is 95.1 Å². The molecule has 21 heavy (non-hydrogen) atoms. The molecular formula is C13H13N5O2S. The number of aromatic nitrogens is 3. The predicted octanol–water partition coefficient (Wildman–Crippen LogP) is 1.87. The summed E-state index contributed by atoms with van der Waals surface area (Å²) in [6.07, 6.45) is 1.43. The van der Waals surface area contributed by atoms with Crippen molar-refractivity contribution in [2.45, 2.75) is 0 Å². The second kappa shape index (κ2) is 5.06. The van der Waals surface area contributed by atoms with Crippen LogP contribution in [0, 0.1) is 0 Å². The number of carbonyl (C=O) groups is 1. The Bertz CT molecular complexity index is 823. The Hall–Kier alpha value is -2.61. The molecule has 0 aliphatic heterocycles. The maximum Gasteiger partial charge on any atom is 0.262 e. The lowest BCUT2D eigenvalue weighted by Gasteiger charge is -2.00. The molecule has 0 unspecified atom stereocenters. The van der Waals surface area contributed by atoms with Gasteiger partial charge in [-0.25, -0.2) is 4.98 Å². The van der Waals surface area contributed by atoms with E-state index >= 15 is 0 Å². The van der Waals surface area contributed by atoms with Gasteiger partial charge in [-0.15, -0.1) is 0 Å². The van der Waals surface area contributed by atoms with Gasteiger partial charge in [-0.05, 0) is 12.1 Å². The smallest absolute Gasteiger partial charge is 0.262 e. The molecule has 2 aromatic heterocycles. The Morgan fingerprint density at radius 3 is 2.95 bits per heavy atom. The summed E-state index contributed by atoms with van der Waals surface area (Å²) in [5, 5.41) is 7.16. The Morgan fingerprint density at radius 1 is 1.48 bits per heavy atom. The Morgan fingerprint density at radius 2 is 2.29 bits per heavy atom. The van der Waals surface area contributed by atoms with E-state index in [4.69, 9.17) is 10.5 Å². The summed E-state index contributed by atoms with van der Waals surface area (Å²) in [5.41, 5.74) is 6.83. The van der Waals surface area contributed by atoms with Crippen LogP contribution >= 0.6 is 11.3 Å². The van der Waals surface area contributed by atoms with Crippen LogP contribution in [0.3, 0.4) is 0 Å². The first kappa shape index (κ1) is 13.4. The van der Waals surface area contributed by atoms with Gasteiger partial charge in [-0.2, -0.15) is 5.10 Å². The van der Waals surface area contributed by atoms with Gasteiger partial charge in [0, 0.05) is 7.05 Å². The third-order valence-electron chi connectivity index (χ3n) is 3.05. The normalized spacial score (nSPS) is 10.8. The van der Waals surface area contributed by atoms with Gasteiger partial charge >= 0.3 is 0 Å². The van der Waals surface area contributed by atoms with Crippen LogP contribution in [0.15, 0.2) is 24.4 Å². The Labute approximate surface area is 124 Å². The molecule has 0 atom stereocenters. The fraction of sp³-hybridized carbons (Fsp3) is 0.154. The molecule has 0 fully saturated rings. The minimum atomic E-state index is -0.335. The van der Waals surface area contributed by atoms with E-state index in [1.165, 1.54) is 22.2 Å². The van der Waals surface area contributed by atoms with Crippen molar-refractivity contribution < 1.29 is 9.53 Å². The summed E-state index contributed by atoms with van der Waals surface area (Å²) < 4.78 is 7.63. The number of fused-ring (bicyclic) bond motifs is 1. The molecule has 0 bridgehead atoms. The molecule has 1 aromatic carbocycles. The maximum absolute atomic E-state index is 12.2. The molecule has 0 aliphatic rings. The van der Waals surface area contributed by atoms with Crippen LogP contribution in [0.5, 0.6) is 5.75 Å². The molecule has 8 heteroatoms. The number of aryl methyl sites for hydroxylation is 1. The average Bonchev–Trinajstić information content (AvgIpc) is 3.02. The lowest BCUT2D eigenvalue weighted by atomic mass is 10.3. The second-order valence-electron chi connectivity index (χ2n) is 4.35. The minimum Gasteiger partial charge on any atom is -0.494 e. The number of amides is 1. The predicted molar refractivity (Wildman–Crippen MR) is 81.7 cm³/mol. The summed E-state index contributed by atoms with van der Waals surface area (Å²) >= 11 is 1.37. The highest BCUT2D eigenvalue weighted by Crippen LogP contribution is 2.32. The molecule has 3 aromatic rings. The average molecular weight is 303 g/mol. The lowest BCUT2D eigenvalue weighted by molar-refractivity contribution is 0.102. The van der Waals surface area contributed by atoms with Crippen molar-refractivity contribution in [1.82, 2.24) is 14.8 Å². The van der Waals surface area contributed by atoms with Crippen molar-refractivity contribution in [3.63, 3.8) is 0 Å². The Balaban J connectivity index is 1.91. The first-order valence-electron chi connectivity index (χ1n) is 6.12. The zero-order chi connectivity index (χ0) is 15.0. The largest absolute Gasteiger partial charge is 0.494 e. The number of thiazole rings is 1. The van der Waals surface area contributed by atoms with Gasteiger partial charge < -0.3 is 10.5 Å². The first-order chi connectivity index (χ1) is 10.1. The summed E-state index contributed by atoms with van der Waals surface area (Å²) in [5.74, 6) is 0.648. The molecule has 0 saturated heterocycles. The van der Waals surface area contributed by atoms with E-state index in [0.29, 0.717) is 22.3 Å². The Kier molecular flexibility index (Phi) is 3.22. The quantitative estimate of drug-likeness (QED) is 0.770. The number of rotatable bonds is 3. The number of para-hydroxylation sites is 1. The number of nitrogens with zero attached hydrogens (tertiary/aromatic N) is 3. The molecule has 0 spiro atoms. The monoisotopic (exact) mass is 303 g/mol. The number of nitrogens with two attached hydrogens (primary N) is 1. The van der Waals surface area contributed by atoms with Gasteiger partial charge in [0.2, 0.25) is 0 Å². The highest BCUT2D eigenvalue weighted by molar-refractivity contribution is 7.22. The second-order valence-corrected chi connectivity index (χ2v) is 5.38. The third kappa shape index (κ3) is 2.29. The fourth-order valence-electron chi connectivity index (χ4n) is 1.93. The molecule has 0 radical (unpaired) electrons. The molecule has 7 nitrogen and oxygen atoms in total. The van der Waals surface area contributed by atoms with Crippen LogP contribution in [-0.2, 0) is 7.05 Å². The van der Waals surface area contributed by atoms with Gasteiger partial charge in [-0.3, -0.25) is 14.8 Å². The van der Waals surface area contributed by atoms with Crippen LogP contribution in [0.25, 0.3) is 10.2 Å². The van der Waals surface area contributed by atoms with E-state index in [9.17, 15) is 4.79 Å². The number of benzene rings is 1. The zero-order valence-electron chi connectivity index (χ0n) is 11.5. The highest BCUT2D eigenvalue weighted by atomic mass is 32.1. The summed E-state index contributed by atoms with van der Waals surface area (Å²) in [7, 11) is 3.26. The number of carbonyl (C=O) groups excluding carboxylic acids is 1. The van der Waals surface area contributed by atoms with Gasteiger partial charge in [0.1, 0.15) is 22.6 Å². The van der Waals surface area contributed by atoms with E-state index in [2.05, 4.69) is 15.4 Å². The van der Waals surface area contributed by atoms with Gasteiger partial charge in [-0.1, -0.05) is 17.4 Å². The van der Waals surface area contributed by atoms with Crippen molar-refractivity contribution in [2.24, 2.45) is 7.05 Å². The molecule has 3 N–H and O–H groups in total. The third-order valence-corrected chi connectivity index (χ3v) is 3.99.